The molecule has 0 spiro atoms. The van der Waals surface area contributed by atoms with Crippen LogP contribution in [-0.4, -0.2) is 17.0 Å². The topological polar surface area (TPSA) is 47.0 Å². The standard InChI is InChI=1S/C17H17N3O/c1-12(18-2)14-8-10-19-16(11-14)21-15-7-3-5-13-6-4-9-20-17(13)15/h3-12,18H,1-2H3. The van der Waals surface area contributed by atoms with E-state index in [2.05, 4.69) is 22.2 Å². The summed E-state index contributed by atoms with van der Waals surface area (Å²) in [6, 6.07) is 14.0. The van der Waals surface area contributed by atoms with E-state index in [0.717, 1.165) is 22.2 Å². The molecule has 1 aromatic carbocycles. The van der Waals surface area contributed by atoms with Gasteiger partial charge in [0.1, 0.15) is 5.52 Å². The number of benzene rings is 1. The van der Waals surface area contributed by atoms with Gasteiger partial charge in [0.2, 0.25) is 5.88 Å². The number of nitrogens with zero attached hydrogens (tertiary/aromatic N) is 2. The van der Waals surface area contributed by atoms with Crippen LogP contribution in [-0.2, 0) is 0 Å². The van der Waals surface area contributed by atoms with E-state index >= 15 is 0 Å². The maximum absolute atomic E-state index is 5.93. The quantitative estimate of drug-likeness (QED) is 0.791. The molecule has 0 fully saturated rings. The van der Waals surface area contributed by atoms with Crippen LogP contribution in [0.2, 0.25) is 0 Å². The van der Waals surface area contributed by atoms with E-state index in [-0.39, 0.29) is 6.04 Å². The van der Waals surface area contributed by atoms with E-state index in [4.69, 9.17) is 4.74 Å². The third-order valence-corrected chi connectivity index (χ3v) is 3.50. The number of rotatable bonds is 4. The van der Waals surface area contributed by atoms with Crippen molar-refractivity contribution in [1.29, 1.82) is 0 Å². The van der Waals surface area contributed by atoms with Crippen LogP contribution in [0.1, 0.15) is 18.5 Å². The SMILES string of the molecule is CNC(C)c1ccnc(Oc2cccc3cccnc23)c1. The predicted molar refractivity (Wildman–Crippen MR) is 83.5 cm³/mol. The van der Waals surface area contributed by atoms with Gasteiger partial charge >= 0.3 is 0 Å². The van der Waals surface area contributed by atoms with Gasteiger partial charge in [-0.1, -0.05) is 18.2 Å². The minimum atomic E-state index is 0.251. The molecule has 21 heavy (non-hydrogen) atoms. The molecule has 4 heteroatoms. The van der Waals surface area contributed by atoms with Crippen molar-refractivity contribution in [3.63, 3.8) is 0 Å². The van der Waals surface area contributed by atoms with Crippen LogP contribution in [0, 0.1) is 0 Å². The molecule has 1 atom stereocenters. The molecule has 0 saturated carbocycles. The van der Waals surface area contributed by atoms with Gasteiger partial charge in [-0.3, -0.25) is 4.98 Å². The lowest BCUT2D eigenvalue weighted by Gasteiger charge is -2.12. The summed E-state index contributed by atoms with van der Waals surface area (Å²) in [6.45, 7) is 2.10. The lowest BCUT2D eigenvalue weighted by molar-refractivity contribution is 0.465. The second kappa shape index (κ2) is 5.89. The Labute approximate surface area is 123 Å². The zero-order valence-corrected chi connectivity index (χ0v) is 12.1. The third kappa shape index (κ3) is 2.85. The van der Waals surface area contributed by atoms with Crippen LogP contribution in [0.5, 0.6) is 11.6 Å². The van der Waals surface area contributed by atoms with Crippen molar-refractivity contribution in [2.45, 2.75) is 13.0 Å². The second-order valence-corrected chi connectivity index (χ2v) is 4.87. The van der Waals surface area contributed by atoms with Crippen molar-refractivity contribution < 1.29 is 4.74 Å². The molecule has 0 amide bonds. The molecule has 3 rings (SSSR count). The maximum atomic E-state index is 5.93. The van der Waals surface area contributed by atoms with Gasteiger partial charge in [0.15, 0.2) is 5.75 Å². The van der Waals surface area contributed by atoms with E-state index in [9.17, 15) is 0 Å². The smallest absolute Gasteiger partial charge is 0.219 e. The van der Waals surface area contributed by atoms with Crippen LogP contribution in [0.3, 0.4) is 0 Å². The zero-order valence-electron chi connectivity index (χ0n) is 12.1. The Hall–Kier alpha value is -2.46. The first kappa shape index (κ1) is 13.5. The summed E-state index contributed by atoms with van der Waals surface area (Å²) < 4.78 is 5.93. The normalized spacial score (nSPS) is 12.3. The molecule has 0 aliphatic heterocycles. The molecule has 0 saturated heterocycles. The Bertz CT molecular complexity index is 752. The molecular formula is C17H17N3O. The highest BCUT2D eigenvalue weighted by Gasteiger charge is 2.08. The number of pyridine rings is 2. The lowest BCUT2D eigenvalue weighted by Crippen LogP contribution is -2.12. The molecule has 0 radical (unpaired) electrons. The van der Waals surface area contributed by atoms with Crippen LogP contribution in [0.4, 0.5) is 0 Å². The van der Waals surface area contributed by atoms with Crippen LogP contribution >= 0.6 is 0 Å². The predicted octanol–water partition coefficient (Wildman–Crippen LogP) is 3.70. The number of hydrogen-bond donors (Lipinski definition) is 1. The van der Waals surface area contributed by atoms with Crippen LogP contribution in [0.15, 0.2) is 54.9 Å². The number of fused-ring (bicyclic) bond motifs is 1. The van der Waals surface area contributed by atoms with Crippen molar-refractivity contribution in [2.24, 2.45) is 0 Å². The monoisotopic (exact) mass is 279 g/mol. The fourth-order valence-corrected chi connectivity index (χ4v) is 2.19. The number of aromatic nitrogens is 2. The number of ether oxygens (including phenoxy) is 1. The Morgan fingerprint density at radius 3 is 2.76 bits per heavy atom. The van der Waals surface area contributed by atoms with E-state index in [1.165, 1.54) is 0 Å². The minimum absolute atomic E-state index is 0.251. The van der Waals surface area contributed by atoms with E-state index in [1.54, 1.807) is 12.4 Å². The largest absolute Gasteiger partial charge is 0.437 e. The number of hydrogen-bond acceptors (Lipinski definition) is 4. The summed E-state index contributed by atoms with van der Waals surface area (Å²) in [5, 5.41) is 4.26. The van der Waals surface area contributed by atoms with Gasteiger partial charge in [0.05, 0.1) is 0 Å². The summed E-state index contributed by atoms with van der Waals surface area (Å²) in [5.41, 5.74) is 1.98. The Morgan fingerprint density at radius 2 is 1.90 bits per heavy atom. The lowest BCUT2D eigenvalue weighted by atomic mass is 10.1. The molecule has 1 unspecified atom stereocenters. The Balaban J connectivity index is 1.95. The number of nitrogens with one attached hydrogen (secondary N) is 1. The fourth-order valence-electron chi connectivity index (χ4n) is 2.19. The first-order valence-corrected chi connectivity index (χ1v) is 6.93. The van der Waals surface area contributed by atoms with Gasteiger partial charge in [-0.15, -0.1) is 0 Å². The average Bonchev–Trinajstić information content (AvgIpc) is 2.55. The van der Waals surface area contributed by atoms with Crippen molar-refractivity contribution in [2.75, 3.05) is 7.05 Å². The zero-order chi connectivity index (χ0) is 14.7. The molecule has 1 N–H and O–H groups in total. The van der Waals surface area contributed by atoms with E-state index < -0.39 is 0 Å². The van der Waals surface area contributed by atoms with Gasteiger partial charge in [-0.25, -0.2) is 4.98 Å². The van der Waals surface area contributed by atoms with Gasteiger partial charge in [0, 0.05) is 29.9 Å². The van der Waals surface area contributed by atoms with Gasteiger partial charge in [-0.05, 0) is 37.7 Å². The van der Waals surface area contributed by atoms with Crippen molar-refractivity contribution >= 4 is 10.9 Å². The van der Waals surface area contributed by atoms with Crippen molar-refractivity contribution in [1.82, 2.24) is 15.3 Å². The Kier molecular flexibility index (Phi) is 3.79. The Morgan fingerprint density at radius 1 is 1.05 bits per heavy atom. The van der Waals surface area contributed by atoms with E-state index in [0.29, 0.717) is 5.88 Å². The molecule has 0 bridgehead atoms. The highest BCUT2D eigenvalue weighted by atomic mass is 16.5. The second-order valence-electron chi connectivity index (χ2n) is 4.87. The van der Waals surface area contributed by atoms with Gasteiger partial charge in [-0.2, -0.15) is 0 Å². The highest BCUT2D eigenvalue weighted by Crippen LogP contribution is 2.28. The number of para-hydroxylation sites is 1. The van der Waals surface area contributed by atoms with Crippen LogP contribution < -0.4 is 10.1 Å². The third-order valence-electron chi connectivity index (χ3n) is 3.50. The first-order valence-electron chi connectivity index (χ1n) is 6.93. The summed E-state index contributed by atoms with van der Waals surface area (Å²) in [4.78, 5) is 8.67. The van der Waals surface area contributed by atoms with Crippen molar-refractivity contribution in [3.05, 3.63) is 60.4 Å². The van der Waals surface area contributed by atoms with E-state index in [1.807, 2.05) is 49.5 Å². The summed E-state index contributed by atoms with van der Waals surface area (Å²) >= 11 is 0. The summed E-state index contributed by atoms with van der Waals surface area (Å²) in [7, 11) is 1.93. The summed E-state index contributed by atoms with van der Waals surface area (Å²) in [5.74, 6) is 1.29. The maximum Gasteiger partial charge on any atom is 0.219 e. The fraction of sp³-hybridized carbons (Fsp3) is 0.176. The van der Waals surface area contributed by atoms with Gasteiger partial charge in [0.25, 0.3) is 0 Å². The van der Waals surface area contributed by atoms with Crippen molar-refractivity contribution in [3.8, 4) is 11.6 Å². The molecule has 3 aromatic rings. The minimum Gasteiger partial charge on any atom is -0.437 e. The molecule has 0 aliphatic carbocycles. The first-order chi connectivity index (χ1) is 10.3. The molecule has 0 aliphatic rings. The molecule has 4 nitrogen and oxygen atoms in total. The molecule has 2 heterocycles. The molecule has 2 aromatic heterocycles. The van der Waals surface area contributed by atoms with Crippen LogP contribution in [0.25, 0.3) is 10.9 Å². The molecule has 106 valence electrons. The summed E-state index contributed by atoms with van der Waals surface area (Å²) in [6.07, 6.45) is 3.53. The average molecular weight is 279 g/mol. The van der Waals surface area contributed by atoms with Gasteiger partial charge < -0.3 is 10.1 Å². The molecular weight excluding hydrogens is 262 g/mol. The highest BCUT2D eigenvalue weighted by molar-refractivity contribution is 5.84.